The average Bonchev–Trinajstić information content (AvgIpc) is 2.77. The molecule has 3 amide bonds. The van der Waals surface area contributed by atoms with Crippen LogP contribution >= 0.6 is 0 Å². The number of ether oxygens (including phenoxy) is 1. The van der Waals surface area contributed by atoms with Gasteiger partial charge in [-0.15, -0.1) is 0 Å². The Morgan fingerprint density at radius 2 is 1.61 bits per heavy atom. The molecular formula is C28H39N3O5. The number of benzene rings is 2. The lowest BCUT2D eigenvalue weighted by atomic mass is 9.96. The van der Waals surface area contributed by atoms with Gasteiger partial charge in [0.2, 0.25) is 5.91 Å². The smallest absolute Gasteiger partial charge is 0.408 e. The monoisotopic (exact) mass is 497 g/mol. The van der Waals surface area contributed by atoms with Crippen LogP contribution in [0.25, 0.3) is 0 Å². The fourth-order valence-electron chi connectivity index (χ4n) is 4.09. The molecule has 0 radical (unpaired) electrons. The quantitative estimate of drug-likeness (QED) is 0.503. The molecule has 0 bridgehead atoms. The third-order valence-electron chi connectivity index (χ3n) is 5.80. The number of para-hydroxylation sites is 1. The molecule has 0 aliphatic heterocycles. The van der Waals surface area contributed by atoms with Crippen molar-refractivity contribution in [3.63, 3.8) is 0 Å². The molecule has 0 heterocycles. The molecule has 0 saturated carbocycles. The number of alkyl carbamates (subject to hydrolysis) is 1. The van der Waals surface area contributed by atoms with E-state index in [0.717, 1.165) is 22.3 Å². The number of hydrogen-bond donors (Lipinski definition) is 3. The highest BCUT2D eigenvalue weighted by molar-refractivity contribution is 6.00. The van der Waals surface area contributed by atoms with Crippen LogP contribution in [0.3, 0.4) is 0 Å². The Kier molecular flexibility index (Phi) is 9.64. The lowest BCUT2D eigenvalue weighted by Crippen LogP contribution is -2.53. The Balaban J connectivity index is 2.49. The average molecular weight is 498 g/mol. The third kappa shape index (κ3) is 7.31. The summed E-state index contributed by atoms with van der Waals surface area (Å²) in [5, 5.41) is 15.4. The van der Waals surface area contributed by atoms with Crippen molar-refractivity contribution in [2.24, 2.45) is 0 Å². The SMILES string of the molecule is CCN(C(=O)C(CO)NC(=O)OC(C)(C)C)C(C(=O)Nc1c(C)cccc1C)c1ccc(C)cc1C. The Bertz CT molecular complexity index is 1090. The first kappa shape index (κ1) is 28.8. The molecule has 0 aromatic heterocycles. The van der Waals surface area contributed by atoms with Gasteiger partial charge >= 0.3 is 6.09 Å². The zero-order valence-corrected chi connectivity index (χ0v) is 22.6. The van der Waals surface area contributed by atoms with Gasteiger partial charge in [0.05, 0.1) is 6.61 Å². The van der Waals surface area contributed by atoms with Crippen LogP contribution in [0.4, 0.5) is 10.5 Å². The third-order valence-corrected chi connectivity index (χ3v) is 5.80. The van der Waals surface area contributed by atoms with Crippen molar-refractivity contribution in [3.8, 4) is 0 Å². The number of anilines is 1. The van der Waals surface area contributed by atoms with Gasteiger partial charge in [0.15, 0.2) is 0 Å². The zero-order valence-electron chi connectivity index (χ0n) is 22.6. The number of aliphatic hydroxyl groups excluding tert-OH is 1. The number of nitrogens with zero attached hydrogens (tertiary/aromatic N) is 1. The minimum atomic E-state index is -1.28. The van der Waals surface area contributed by atoms with Crippen molar-refractivity contribution >= 4 is 23.6 Å². The molecule has 2 atom stereocenters. The van der Waals surface area contributed by atoms with Crippen molar-refractivity contribution in [3.05, 3.63) is 64.2 Å². The molecule has 0 spiro atoms. The second-order valence-corrected chi connectivity index (χ2v) is 10.0. The summed E-state index contributed by atoms with van der Waals surface area (Å²) in [6, 6.07) is 9.15. The summed E-state index contributed by atoms with van der Waals surface area (Å²) in [6.07, 6.45) is -0.825. The fourth-order valence-corrected chi connectivity index (χ4v) is 4.09. The summed E-state index contributed by atoms with van der Waals surface area (Å²) < 4.78 is 5.25. The summed E-state index contributed by atoms with van der Waals surface area (Å²) in [6.45, 7) is 14.0. The van der Waals surface area contributed by atoms with Gasteiger partial charge in [-0.05, 0) is 77.6 Å². The zero-order chi connectivity index (χ0) is 27.2. The molecule has 8 heteroatoms. The molecule has 36 heavy (non-hydrogen) atoms. The van der Waals surface area contributed by atoms with Gasteiger partial charge in [0.25, 0.3) is 5.91 Å². The second kappa shape index (κ2) is 12.0. The van der Waals surface area contributed by atoms with Crippen LogP contribution in [0.2, 0.25) is 0 Å². The Morgan fingerprint density at radius 1 is 1.00 bits per heavy atom. The summed E-state index contributed by atoms with van der Waals surface area (Å²) >= 11 is 0. The second-order valence-electron chi connectivity index (χ2n) is 10.0. The van der Waals surface area contributed by atoms with Crippen LogP contribution in [-0.4, -0.2) is 52.7 Å². The number of likely N-dealkylation sites (N-methyl/N-ethyl adjacent to an activating group) is 1. The molecule has 0 aliphatic carbocycles. The summed E-state index contributed by atoms with van der Waals surface area (Å²) in [5.74, 6) is -0.976. The largest absolute Gasteiger partial charge is 0.444 e. The summed E-state index contributed by atoms with van der Waals surface area (Å²) in [4.78, 5) is 41.1. The highest BCUT2D eigenvalue weighted by atomic mass is 16.6. The van der Waals surface area contributed by atoms with E-state index in [9.17, 15) is 19.5 Å². The predicted molar refractivity (Wildman–Crippen MR) is 141 cm³/mol. The fraction of sp³-hybridized carbons (Fsp3) is 0.464. The number of amides is 3. The minimum absolute atomic E-state index is 0.170. The standard InChI is InChI=1S/C28H39N3O5/c1-9-31(26(34)22(16-32)29-27(35)36-28(6,7)8)24(21-14-13-17(2)15-20(21)5)25(33)30-23-18(3)11-10-12-19(23)4/h10-15,22,24,32H,9,16H2,1-8H3,(H,29,35)(H,30,33). The van der Waals surface area contributed by atoms with Gasteiger partial charge in [-0.1, -0.05) is 42.0 Å². The normalized spacial score (nSPS) is 12.9. The van der Waals surface area contributed by atoms with E-state index in [1.54, 1.807) is 27.7 Å². The molecule has 2 aromatic rings. The Labute approximate surface area is 214 Å². The molecule has 0 saturated heterocycles. The van der Waals surface area contributed by atoms with Crippen LogP contribution in [0.15, 0.2) is 36.4 Å². The van der Waals surface area contributed by atoms with Gasteiger partial charge in [-0.3, -0.25) is 9.59 Å². The number of hydrogen-bond acceptors (Lipinski definition) is 5. The molecule has 0 aliphatic rings. The number of rotatable bonds is 8. The minimum Gasteiger partial charge on any atom is -0.444 e. The topological polar surface area (TPSA) is 108 Å². The first-order valence-electron chi connectivity index (χ1n) is 12.1. The molecule has 8 nitrogen and oxygen atoms in total. The van der Waals surface area contributed by atoms with E-state index in [2.05, 4.69) is 10.6 Å². The molecular weight excluding hydrogens is 458 g/mol. The van der Waals surface area contributed by atoms with Crippen molar-refractivity contribution in [2.45, 2.75) is 73.1 Å². The van der Waals surface area contributed by atoms with E-state index in [0.29, 0.717) is 11.3 Å². The molecule has 2 aromatic carbocycles. The van der Waals surface area contributed by atoms with E-state index in [1.165, 1.54) is 4.90 Å². The van der Waals surface area contributed by atoms with E-state index in [4.69, 9.17) is 4.74 Å². The number of aryl methyl sites for hydroxylation is 4. The lowest BCUT2D eigenvalue weighted by molar-refractivity contribution is -0.141. The summed E-state index contributed by atoms with van der Waals surface area (Å²) in [7, 11) is 0. The lowest BCUT2D eigenvalue weighted by Gasteiger charge is -2.34. The van der Waals surface area contributed by atoms with E-state index in [-0.39, 0.29) is 12.5 Å². The molecule has 2 unspecified atom stereocenters. The van der Waals surface area contributed by atoms with Crippen molar-refractivity contribution in [1.29, 1.82) is 0 Å². The number of nitrogens with one attached hydrogen (secondary N) is 2. The molecule has 196 valence electrons. The van der Waals surface area contributed by atoms with Crippen molar-refractivity contribution in [2.75, 3.05) is 18.5 Å². The van der Waals surface area contributed by atoms with Crippen molar-refractivity contribution < 1.29 is 24.2 Å². The van der Waals surface area contributed by atoms with Crippen LogP contribution in [0.1, 0.15) is 61.6 Å². The first-order valence-corrected chi connectivity index (χ1v) is 12.1. The molecule has 2 rings (SSSR count). The number of aliphatic hydroxyl groups is 1. The van der Waals surface area contributed by atoms with Crippen LogP contribution in [0, 0.1) is 27.7 Å². The highest BCUT2D eigenvalue weighted by Gasteiger charge is 2.36. The van der Waals surface area contributed by atoms with E-state index < -0.39 is 36.3 Å². The van der Waals surface area contributed by atoms with Gasteiger partial charge in [0, 0.05) is 12.2 Å². The predicted octanol–water partition coefficient (Wildman–Crippen LogP) is 4.33. The summed E-state index contributed by atoms with van der Waals surface area (Å²) in [5.41, 5.74) is 4.25. The maximum Gasteiger partial charge on any atom is 0.408 e. The maximum absolute atomic E-state index is 13.8. The van der Waals surface area contributed by atoms with Gasteiger partial charge < -0.3 is 25.4 Å². The number of carbonyl (C=O) groups is 3. The van der Waals surface area contributed by atoms with Gasteiger partial charge in [0.1, 0.15) is 17.7 Å². The van der Waals surface area contributed by atoms with E-state index in [1.807, 2.05) is 64.1 Å². The van der Waals surface area contributed by atoms with E-state index >= 15 is 0 Å². The Morgan fingerprint density at radius 3 is 2.11 bits per heavy atom. The van der Waals surface area contributed by atoms with Crippen LogP contribution in [0.5, 0.6) is 0 Å². The van der Waals surface area contributed by atoms with Crippen LogP contribution < -0.4 is 10.6 Å². The highest BCUT2D eigenvalue weighted by Crippen LogP contribution is 2.29. The van der Waals surface area contributed by atoms with Gasteiger partial charge in [-0.25, -0.2) is 4.79 Å². The van der Waals surface area contributed by atoms with Crippen molar-refractivity contribution in [1.82, 2.24) is 10.2 Å². The molecule has 3 N–H and O–H groups in total. The van der Waals surface area contributed by atoms with Gasteiger partial charge in [-0.2, -0.15) is 0 Å². The maximum atomic E-state index is 13.8. The van der Waals surface area contributed by atoms with Crippen LogP contribution in [-0.2, 0) is 14.3 Å². The first-order chi connectivity index (χ1) is 16.8. The Hall–Kier alpha value is -3.39. The molecule has 0 fully saturated rings. The number of carbonyl (C=O) groups excluding carboxylic acids is 3.